The van der Waals surface area contributed by atoms with Crippen molar-refractivity contribution < 1.29 is 19.2 Å². The van der Waals surface area contributed by atoms with Crippen molar-refractivity contribution in [2.24, 2.45) is 5.92 Å². The van der Waals surface area contributed by atoms with Gasteiger partial charge in [0.1, 0.15) is 4.88 Å². The minimum absolute atomic E-state index is 0.00250. The molecule has 0 saturated carbocycles. The lowest BCUT2D eigenvalue weighted by Crippen LogP contribution is -2.42. The molecule has 162 valence electrons. The number of likely N-dealkylation sites (tertiary alicyclic amines) is 1. The van der Waals surface area contributed by atoms with E-state index in [9.17, 15) is 19.7 Å². The number of nitrogens with zero attached hydrogens (tertiary/aromatic N) is 4. The Balaban J connectivity index is 1.58. The van der Waals surface area contributed by atoms with Crippen molar-refractivity contribution in [3.8, 4) is 11.3 Å². The molecule has 9 nitrogen and oxygen atoms in total. The van der Waals surface area contributed by atoms with Gasteiger partial charge in [-0.05, 0) is 26.7 Å². The first-order chi connectivity index (χ1) is 14.9. The van der Waals surface area contributed by atoms with E-state index in [4.69, 9.17) is 4.74 Å². The Morgan fingerprint density at radius 3 is 2.90 bits per heavy atom. The standard InChI is InChI=1S/C21H22N4O5S/c1-3-30-20(27)15-7-5-9-23(11-15)19(26)18-13(2)24-12-17(22-21(24)31-18)14-6-4-8-16(10-14)25(28)29/h4,6,8,10,12,15H,3,5,7,9,11H2,1-2H3. The summed E-state index contributed by atoms with van der Waals surface area (Å²) < 4.78 is 6.95. The molecular formula is C21H22N4O5S. The molecule has 0 N–H and O–H groups in total. The van der Waals surface area contributed by atoms with Gasteiger partial charge in [-0.2, -0.15) is 0 Å². The zero-order valence-electron chi connectivity index (χ0n) is 17.2. The smallest absolute Gasteiger partial charge is 0.310 e. The maximum atomic E-state index is 13.2. The SMILES string of the molecule is CCOC(=O)C1CCCN(C(=O)c2sc3nc(-c4cccc([N+](=O)[O-])c4)cn3c2C)C1. The molecule has 1 aliphatic rings. The fourth-order valence-corrected chi connectivity index (χ4v) is 4.90. The molecule has 1 unspecified atom stereocenters. The Morgan fingerprint density at radius 1 is 1.39 bits per heavy atom. The van der Waals surface area contributed by atoms with Crippen molar-refractivity contribution in [1.29, 1.82) is 0 Å². The Hall–Kier alpha value is -3.27. The maximum Gasteiger partial charge on any atom is 0.310 e. The number of fused-ring (bicyclic) bond motifs is 1. The summed E-state index contributed by atoms with van der Waals surface area (Å²) in [6.07, 6.45) is 3.27. The van der Waals surface area contributed by atoms with E-state index in [0.29, 0.717) is 40.8 Å². The number of piperidine rings is 1. The summed E-state index contributed by atoms with van der Waals surface area (Å²) in [5.74, 6) is -0.652. The lowest BCUT2D eigenvalue weighted by molar-refractivity contribution is -0.384. The number of imidazole rings is 1. The van der Waals surface area contributed by atoms with E-state index in [2.05, 4.69) is 4.98 Å². The van der Waals surface area contributed by atoms with Crippen molar-refractivity contribution >= 4 is 33.9 Å². The van der Waals surface area contributed by atoms with E-state index in [0.717, 1.165) is 18.5 Å². The van der Waals surface area contributed by atoms with Crippen molar-refractivity contribution in [3.05, 3.63) is 51.1 Å². The van der Waals surface area contributed by atoms with E-state index in [1.54, 1.807) is 30.2 Å². The van der Waals surface area contributed by atoms with Gasteiger partial charge in [0.05, 0.1) is 23.1 Å². The number of carbonyl (C=O) groups is 2. The van der Waals surface area contributed by atoms with E-state index in [1.807, 2.05) is 11.3 Å². The number of carbonyl (C=O) groups excluding carboxylic acids is 2. The van der Waals surface area contributed by atoms with Gasteiger partial charge in [0, 0.05) is 42.7 Å². The molecule has 1 fully saturated rings. The summed E-state index contributed by atoms with van der Waals surface area (Å²) in [4.78, 5) is 43.4. The number of amides is 1. The quantitative estimate of drug-likeness (QED) is 0.339. The number of aryl methyl sites for hydroxylation is 1. The first kappa shape index (κ1) is 21.0. The molecular weight excluding hydrogens is 420 g/mol. The molecule has 1 aliphatic heterocycles. The molecule has 0 spiro atoms. The molecule has 3 aromatic rings. The lowest BCUT2D eigenvalue weighted by Gasteiger charge is -2.31. The highest BCUT2D eigenvalue weighted by Crippen LogP contribution is 2.30. The number of hydrogen-bond donors (Lipinski definition) is 0. The molecule has 4 rings (SSSR count). The average Bonchev–Trinajstić information content (AvgIpc) is 3.33. The molecule has 0 bridgehead atoms. The van der Waals surface area contributed by atoms with Crippen LogP contribution >= 0.6 is 11.3 Å². The maximum absolute atomic E-state index is 13.2. The highest BCUT2D eigenvalue weighted by Gasteiger charge is 2.31. The molecule has 0 radical (unpaired) electrons. The molecule has 1 saturated heterocycles. The van der Waals surface area contributed by atoms with Crippen LogP contribution in [0.2, 0.25) is 0 Å². The fraction of sp³-hybridized carbons (Fsp3) is 0.381. The number of ether oxygens (including phenoxy) is 1. The minimum atomic E-state index is -0.438. The Bertz CT molecular complexity index is 1170. The largest absolute Gasteiger partial charge is 0.466 e. The third kappa shape index (κ3) is 4.02. The van der Waals surface area contributed by atoms with Crippen molar-refractivity contribution in [2.75, 3.05) is 19.7 Å². The third-order valence-corrected chi connectivity index (χ3v) is 6.58. The van der Waals surface area contributed by atoms with Gasteiger partial charge in [-0.15, -0.1) is 0 Å². The number of thiazole rings is 1. The second-order valence-electron chi connectivity index (χ2n) is 7.45. The topological polar surface area (TPSA) is 107 Å². The Kier molecular flexibility index (Phi) is 5.73. The predicted molar refractivity (Wildman–Crippen MR) is 115 cm³/mol. The number of rotatable bonds is 5. The van der Waals surface area contributed by atoms with Crippen LogP contribution in [-0.4, -0.2) is 50.8 Å². The van der Waals surface area contributed by atoms with Crippen LogP contribution in [0.15, 0.2) is 30.5 Å². The van der Waals surface area contributed by atoms with Crippen LogP contribution in [0.3, 0.4) is 0 Å². The third-order valence-electron chi connectivity index (χ3n) is 5.43. The molecule has 2 aromatic heterocycles. The number of nitro benzene ring substituents is 1. The van der Waals surface area contributed by atoms with Crippen LogP contribution in [0, 0.1) is 23.0 Å². The summed E-state index contributed by atoms with van der Waals surface area (Å²) in [6, 6.07) is 6.31. The molecule has 31 heavy (non-hydrogen) atoms. The summed E-state index contributed by atoms with van der Waals surface area (Å²) in [5.41, 5.74) is 2.01. The lowest BCUT2D eigenvalue weighted by atomic mass is 9.98. The van der Waals surface area contributed by atoms with Gasteiger partial charge in [-0.1, -0.05) is 23.5 Å². The number of non-ortho nitro benzene ring substituents is 1. The molecule has 0 aliphatic carbocycles. The first-order valence-electron chi connectivity index (χ1n) is 10.1. The normalized spacial score (nSPS) is 16.5. The van der Waals surface area contributed by atoms with Crippen molar-refractivity contribution in [1.82, 2.24) is 14.3 Å². The summed E-state index contributed by atoms with van der Waals surface area (Å²) in [6.45, 7) is 4.92. The van der Waals surface area contributed by atoms with Crippen LogP contribution in [0.4, 0.5) is 5.69 Å². The van der Waals surface area contributed by atoms with E-state index in [-0.39, 0.29) is 23.5 Å². The highest BCUT2D eigenvalue weighted by atomic mass is 32.1. The van der Waals surface area contributed by atoms with Crippen LogP contribution in [0.5, 0.6) is 0 Å². The van der Waals surface area contributed by atoms with Crippen LogP contribution in [0.1, 0.15) is 35.1 Å². The number of esters is 1. The molecule has 1 atom stereocenters. The Morgan fingerprint density at radius 2 is 2.19 bits per heavy atom. The molecule has 10 heteroatoms. The van der Waals surface area contributed by atoms with Crippen LogP contribution in [-0.2, 0) is 9.53 Å². The van der Waals surface area contributed by atoms with Gasteiger partial charge in [0.2, 0.25) is 0 Å². The summed E-state index contributed by atoms with van der Waals surface area (Å²) in [5, 5.41) is 11.0. The molecule has 1 aromatic carbocycles. The second-order valence-corrected chi connectivity index (χ2v) is 8.42. The average molecular weight is 442 g/mol. The summed E-state index contributed by atoms with van der Waals surface area (Å²) in [7, 11) is 0. The van der Waals surface area contributed by atoms with Gasteiger partial charge >= 0.3 is 5.97 Å². The Labute approximate surface area is 182 Å². The van der Waals surface area contributed by atoms with Gasteiger partial charge in [0.25, 0.3) is 11.6 Å². The van der Waals surface area contributed by atoms with Crippen LogP contribution in [0.25, 0.3) is 16.2 Å². The number of benzene rings is 1. The van der Waals surface area contributed by atoms with Crippen molar-refractivity contribution in [3.63, 3.8) is 0 Å². The number of hydrogen-bond acceptors (Lipinski definition) is 7. The number of nitro groups is 1. The van der Waals surface area contributed by atoms with Crippen LogP contribution < -0.4 is 0 Å². The zero-order valence-corrected chi connectivity index (χ0v) is 18.1. The predicted octanol–water partition coefficient (Wildman–Crippen LogP) is 3.69. The highest BCUT2D eigenvalue weighted by molar-refractivity contribution is 7.19. The minimum Gasteiger partial charge on any atom is -0.466 e. The van der Waals surface area contributed by atoms with Crippen molar-refractivity contribution in [2.45, 2.75) is 26.7 Å². The van der Waals surface area contributed by atoms with E-state index < -0.39 is 4.92 Å². The van der Waals surface area contributed by atoms with Gasteiger partial charge < -0.3 is 9.64 Å². The second kappa shape index (κ2) is 8.46. The van der Waals surface area contributed by atoms with Gasteiger partial charge in [0.15, 0.2) is 4.96 Å². The van der Waals surface area contributed by atoms with Gasteiger partial charge in [-0.25, -0.2) is 4.98 Å². The monoisotopic (exact) mass is 442 g/mol. The first-order valence-corrected chi connectivity index (χ1v) is 10.9. The van der Waals surface area contributed by atoms with E-state index in [1.165, 1.54) is 23.5 Å². The fourth-order valence-electron chi connectivity index (χ4n) is 3.82. The van der Waals surface area contributed by atoms with Gasteiger partial charge in [-0.3, -0.25) is 24.1 Å². The zero-order chi connectivity index (χ0) is 22.1. The summed E-state index contributed by atoms with van der Waals surface area (Å²) >= 11 is 1.28. The molecule has 1 amide bonds. The number of aromatic nitrogens is 2. The van der Waals surface area contributed by atoms with E-state index >= 15 is 0 Å². The molecule has 3 heterocycles.